The summed E-state index contributed by atoms with van der Waals surface area (Å²) in [6.45, 7) is 18.7. The first-order valence-electron chi connectivity index (χ1n) is 23.0. The molecule has 2 N–H and O–H groups in total. The molecule has 0 amide bonds. The highest BCUT2D eigenvalue weighted by Gasteiger charge is 2.62. The van der Waals surface area contributed by atoms with E-state index in [1.165, 1.54) is 11.8 Å². The van der Waals surface area contributed by atoms with E-state index >= 15 is 4.79 Å². The number of fused-ring (bicyclic) bond motifs is 1. The first-order chi connectivity index (χ1) is 30.1. The SMILES string of the molecule is CC[C@H]1OC(=O)[C@H](C)[C@@H](O[C@H]2C[C@@](C)(OC)[C@@H](OC)[C@H](C)O2)[C@H](C)[C@@H](O[C@@H]2O[C@H](C)C[C@H](NC)[C@H]2O)[C@](C)(OC)C[C@@H](C)C(=O)[C@H](C)C2C(SCc3ccc(OC)cc3)C(=O)O[C@@]21C. The van der Waals surface area contributed by atoms with Gasteiger partial charge in [-0.2, -0.15) is 0 Å². The molecule has 0 aliphatic carbocycles. The van der Waals surface area contributed by atoms with Crippen LogP contribution in [0.5, 0.6) is 5.75 Å². The van der Waals surface area contributed by atoms with E-state index in [0.29, 0.717) is 24.3 Å². The highest BCUT2D eigenvalue weighted by atomic mass is 32.2. The molecule has 4 fully saturated rings. The first-order valence-corrected chi connectivity index (χ1v) is 24.0. The summed E-state index contributed by atoms with van der Waals surface area (Å²) in [4.78, 5) is 44.1. The molecule has 19 atom stereocenters. The Morgan fingerprint density at radius 1 is 0.844 bits per heavy atom. The van der Waals surface area contributed by atoms with Crippen LogP contribution in [0.4, 0.5) is 0 Å². The monoisotopic (exact) mass is 924 g/mol. The van der Waals surface area contributed by atoms with Crippen molar-refractivity contribution in [1.29, 1.82) is 0 Å². The van der Waals surface area contributed by atoms with E-state index in [2.05, 4.69) is 5.32 Å². The van der Waals surface area contributed by atoms with E-state index in [0.717, 1.165) is 5.56 Å². The molecule has 16 heteroatoms. The summed E-state index contributed by atoms with van der Waals surface area (Å²) in [5, 5.41) is 14.1. The number of carbonyl (C=O) groups excluding carboxylic acids is 3. The zero-order valence-electron chi connectivity index (χ0n) is 40.7. The maximum absolute atomic E-state index is 15.0. The van der Waals surface area contributed by atoms with Crippen molar-refractivity contribution in [2.24, 2.45) is 29.6 Å². The van der Waals surface area contributed by atoms with Gasteiger partial charge in [0.1, 0.15) is 35.1 Å². The van der Waals surface area contributed by atoms with Crippen LogP contribution >= 0.6 is 11.8 Å². The van der Waals surface area contributed by atoms with Crippen LogP contribution in [-0.4, -0.2) is 142 Å². The van der Waals surface area contributed by atoms with Gasteiger partial charge in [0.2, 0.25) is 0 Å². The van der Waals surface area contributed by atoms with Crippen LogP contribution < -0.4 is 10.1 Å². The molecule has 364 valence electrons. The lowest BCUT2D eigenvalue weighted by Gasteiger charge is -2.50. The summed E-state index contributed by atoms with van der Waals surface area (Å²) in [7, 11) is 8.19. The Bertz CT molecular complexity index is 1720. The van der Waals surface area contributed by atoms with Crippen molar-refractivity contribution in [2.45, 2.75) is 184 Å². The molecule has 1 aromatic carbocycles. The Labute approximate surface area is 385 Å². The number of carbonyl (C=O) groups is 3. The molecular weight excluding hydrogens is 847 g/mol. The molecule has 0 aromatic heterocycles. The molecule has 2 unspecified atom stereocenters. The number of likely N-dealkylation sites (N-methyl/N-ethyl adjacent to an activating group) is 1. The topological polar surface area (TPSA) is 176 Å². The number of cyclic esters (lactones) is 1. The number of nitrogens with one attached hydrogen (secondary N) is 1. The van der Waals surface area contributed by atoms with Crippen LogP contribution in [0.1, 0.15) is 100 Å². The summed E-state index contributed by atoms with van der Waals surface area (Å²) in [6.07, 6.45) is -5.67. The van der Waals surface area contributed by atoms with Gasteiger partial charge in [-0.15, -0.1) is 11.8 Å². The van der Waals surface area contributed by atoms with Crippen molar-refractivity contribution in [3.05, 3.63) is 29.8 Å². The fourth-order valence-corrected chi connectivity index (χ4v) is 12.5. The molecule has 0 bridgehead atoms. The predicted octanol–water partition coefficient (Wildman–Crippen LogP) is 5.88. The summed E-state index contributed by atoms with van der Waals surface area (Å²) in [5.41, 5.74) is -2.43. The lowest BCUT2D eigenvalue weighted by Crippen LogP contribution is -2.61. The average molecular weight is 924 g/mol. The van der Waals surface area contributed by atoms with Crippen molar-refractivity contribution < 1.29 is 66.9 Å². The fraction of sp³-hybridized carbons (Fsp3) is 0.812. The van der Waals surface area contributed by atoms with Crippen LogP contribution in [-0.2, 0) is 62.8 Å². The third-order valence-electron chi connectivity index (χ3n) is 14.8. The molecule has 0 spiro atoms. The van der Waals surface area contributed by atoms with Crippen molar-refractivity contribution in [3.63, 3.8) is 0 Å². The second-order valence-corrected chi connectivity index (χ2v) is 20.4. The highest BCUT2D eigenvalue weighted by Crippen LogP contribution is 2.50. The van der Waals surface area contributed by atoms with E-state index in [4.69, 9.17) is 47.4 Å². The van der Waals surface area contributed by atoms with Crippen molar-refractivity contribution in [2.75, 3.05) is 35.5 Å². The van der Waals surface area contributed by atoms with E-state index in [9.17, 15) is 14.7 Å². The number of thioether (sulfide) groups is 1. The van der Waals surface area contributed by atoms with Crippen LogP contribution in [0.25, 0.3) is 0 Å². The third kappa shape index (κ3) is 10.8. The molecule has 5 rings (SSSR count). The Kier molecular flexibility index (Phi) is 17.8. The van der Waals surface area contributed by atoms with Gasteiger partial charge in [-0.05, 0) is 85.5 Å². The Morgan fingerprint density at radius 3 is 2.06 bits per heavy atom. The van der Waals surface area contributed by atoms with Gasteiger partial charge in [-0.25, -0.2) is 0 Å². The molecule has 1 aromatic rings. The van der Waals surface area contributed by atoms with Gasteiger partial charge < -0.3 is 57.8 Å². The highest BCUT2D eigenvalue weighted by molar-refractivity contribution is 7.99. The molecule has 15 nitrogen and oxygen atoms in total. The van der Waals surface area contributed by atoms with E-state index < -0.39 is 113 Å². The maximum atomic E-state index is 15.0. The number of rotatable bonds is 13. The number of ether oxygens (including phenoxy) is 10. The number of hydrogen-bond donors (Lipinski definition) is 2. The lowest BCUT2D eigenvalue weighted by molar-refractivity contribution is -0.318. The standard InChI is InChI=1S/C48H77NO14S/c1-16-34-48(10)36(40(44(53)63-48)64-24-31-17-19-32(54-12)20-18-31)27(4)37(50)25(2)22-46(8,56-14)41(62-45-38(51)33(49-11)21-26(3)58-45)28(5)39(29(6)43(52)60-34)61-35-23-47(9,57-15)42(55-13)30(7)59-35/h17-20,25-30,33-36,38-42,45,49,51H,16,21-24H2,1-15H3/t25-,26-,27-,28+,29-,30+,33+,34-,35+,36?,38-,39+,40?,41-,42+,45+,46-,47-,48-/m1/s1. The minimum Gasteiger partial charge on any atom is -0.497 e. The maximum Gasteiger partial charge on any atom is 0.320 e. The van der Waals surface area contributed by atoms with Gasteiger partial charge in [0.05, 0.1) is 48.6 Å². The number of esters is 2. The summed E-state index contributed by atoms with van der Waals surface area (Å²) < 4.78 is 63.3. The van der Waals surface area contributed by atoms with Crippen LogP contribution in [0.3, 0.4) is 0 Å². The molecule has 4 heterocycles. The predicted molar refractivity (Wildman–Crippen MR) is 241 cm³/mol. The van der Waals surface area contributed by atoms with Gasteiger partial charge in [0, 0.05) is 63.2 Å². The molecule has 4 aliphatic heterocycles. The van der Waals surface area contributed by atoms with Gasteiger partial charge >= 0.3 is 11.9 Å². The fourth-order valence-electron chi connectivity index (χ4n) is 11.0. The minimum absolute atomic E-state index is 0.104. The van der Waals surface area contributed by atoms with Gasteiger partial charge in [0.25, 0.3) is 0 Å². The number of benzene rings is 1. The lowest BCUT2D eigenvalue weighted by atomic mass is 9.70. The van der Waals surface area contributed by atoms with Crippen LogP contribution in [0.15, 0.2) is 24.3 Å². The molecule has 64 heavy (non-hydrogen) atoms. The number of aliphatic hydroxyl groups is 1. The van der Waals surface area contributed by atoms with Gasteiger partial charge in [-0.1, -0.05) is 39.8 Å². The number of ketones is 1. The largest absolute Gasteiger partial charge is 0.497 e. The number of methoxy groups -OCH3 is 4. The van der Waals surface area contributed by atoms with E-state index in [1.807, 2.05) is 79.7 Å². The van der Waals surface area contributed by atoms with Crippen LogP contribution in [0, 0.1) is 29.6 Å². The van der Waals surface area contributed by atoms with E-state index in [-0.39, 0.29) is 30.8 Å². The summed E-state index contributed by atoms with van der Waals surface area (Å²) in [6, 6.07) is 7.29. The zero-order valence-corrected chi connectivity index (χ0v) is 41.6. The van der Waals surface area contributed by atoms with Crippen molar-refractivity contribution in [3.8, 4) is 5.75 Å². The third-order valence-corrected chi connectivity index (χ3v) is 16.1. The Balaban J connectivity index is 1.62. The second kappa shape index (κ2) is 21.7. The smallest absolute Gasteiger partial charge is 0.320 e. The Hall–Kier alpha value is -2.38. The molecule has 0 radical (unpaired) electrons. The van der Waals surface area contributed by atoms with Gasteiger partial charge in [0.15, 0.2) is 18.2 Å². The number of aliphatic hydroxyl groups excluding tert-OH is 1. The van der Waals surface area contributed by atoms with Crippen LogP contribution in [0.2, 0.25) is 0 Å². The molecule has 0 saturated carbocycles. The van der Waals surface area contributed by atoms with Crippen molar-refractivity contribution >= 4 is 29.5 Å². The van der Waals surface area contributed by atoms with Gasteiger partial charge in [-0.3, -0.25) is 14.4 Å². The summed E-state index contributed by atoms with van der Waals surface area (Å²) in [5.74, 6) is -3.62. The zero-order chi connectivity index (χ0) is 47.5. The normalized spacial score (nSPS) is 43.8. The first kappa shape index (κ1) is 52.6. The van der Waals surface area contributed by atoms with Crippen molar-refractivity contribution in [1.82, 2.24) is 5.32 Å². The molecule has 4 aliphatic rings. The van der Waals surface area contributed by atoms with E-state index in [1.54, 1.807) is 49.3 Å². The number of hydrogen-bond acceptors (Lipinski definition) is 16. The number of Topliss-reactive ketones (excluding diaryl/α,β-unsaturated/α-hetero) is 1. The average Bonchev–Trinajstić information content (AvgIpc) is 3.53. The second-order valence-electron chi connectivity index (χ2n) is 19.2. The minimum atomic E-state index is -1.36. The quantitative estimate of drug-likeness (QED) is 0.224. The molecular formula is C48H77NO14S. The Morgan fingerprint density at radius 2 is 1.48 bits per heavy atom. The summed E-state index contributed by atoms with van der Waals surface area (Å²) >= 11 is 1.41. The molecule has 4 saturated heterocycles.